The lowest BCUT2D eigenvalue weighted by atomic mass is 10.4. The molecule has 84 valence electrons. The van der Waals surface area contributed by atoms with Crippen LogP contribution >= 0.6 is 0 Å². The van der Waals surface area contributed by atoms with Gasteiger partial charge in [0, 0.05) is 7.05 Å². The summed E-state index contributed by atoms with van der Waals surface area (Å²) in [6.45, 7) is 1.79. The number of imide groups is 1. The fourth-order valence-electron chi connectivity index (χ4n) is 1.32. The van der Waals surface area contributed by atoms with Gasteiger partial charge in [0.15, 0.2) is 0 Å². The van der Waals surface area contributed by atoms with Crippen LogP contribution in [0.15, 0.2) is 21.7 Å². The lowest BCUT2D eigenvalue weighted by Crippen LogP contribution is -2.26. The van der Waals surface area contributed by atoms with E-state index in [4.69, 9.17) is 4.42 Å². The molecule has 1 saturated heterocycles. The molecule has 1 aliphatic heterocycles. The normalized spacial score (nSPS) is 16.9. The molecular weight excluding hydrogens is 210 g/mol. The molecule has 1 aromatic heterocycles. The van der Waals surface area contributed by atoms with E-state index in [1.54, 1.807) is 12.1 Å². The lowest BCUT2D eigenvalue weighted by molar-refractivity contribution is -0.124. The Hall–Kier alpha value is -2.11. The third kappa shape index (κ3) is 1.81. The van der Waals surface area contributed by atoms with Gasteiger partial charge in [-0.1, -0.05) is 0 Å². The van der Waals surface area contributed by atoms with E-state index in [1.165, 1.54) is 13.3 Å². The van der Waals surface area contributed by atoms with Gasteiger partial charge < -0.3 is 4.42 Å². The number of hydrazone groups is 1. The Labute approximate surface area is 92.1 Å². The number of carbonyl (C=O) groups excluding carboxylic acids is 2. The number of hydrogen-bond acceptors (Lipinski definition) is 4. The molecule has 0 radical (unpaired) electrons. The minimum atomic E-state index is -0.426. The van der Waals surface area contributed by atoms with Crippen LogP contribution in [0, 0.1) is 6.92 Å². The Morgan fingerprint density at radius 2 is 2.19 bits per heavy atom. The van der Waals surface area contributed by atoms with E-state index >= 15 is 0 Å². The summed E-state index contributed by atoms with van der Waals surface area (Å²) in [6, 6.07) is 3.11. The van der Waals surface area contributed by atoms with Crippen LogP contribution in [0.25, 0.3) is 0 Å². The summed E-state index contributed by atoms with van der Waals surface area (Å²) in [6.07, 6.45) is 1.41. The number of carbonyl (C=O) groups is 2. The SMILES string of the molecule is Cc1ccc(C=NN2CC(=O)N(C)C2=O)o1. The minimum absolute atomic E-state index is 0.0223. The fraction of sp³-hybridized carbons (Fsp3) is 0.300. The first-order valence-electron chi connectivity index (χ1n) is 4.76. The van der Waals surface area contributed by atoms with Crippen LogP contribution in [-0.4, -0.2) is 41.7 Å². The molecule has 1 aromatic rings. The number of rotatable bonds is 2. The second-order valence-corrected chi connectivity index (χ2v) is 3.49. The number of aryl methyl sites for hydroxylation is 1. The summed E-state index contributed by atoms with van der Waals surface area (Å²) in [5.41, 5.74) is 0. The van der Waals surface area contributed by atoms with E-state index in [-0.39, 0.29) is 12.5 Å². The molecule has 6 heteroatoms. The van der Waals surface area contributed by atoms with E-state index in [9.17, 15) is 9.59 Å². The summed E-state index contributed by atoms with van der Waals surface area (Å²) < 4.78 is 5.25. The van der Waals surface area contributed by atoms with Gasteiger partial charge in [0.1, 0.15) is 18.1 Å². The van der Waals surface area contributed by atoms with E-state index in [1.807, 2.05) is 6.92 Å². The summed E-state index contributed by atoms with van der Waals surface area (Å²) in [5, 5.41) is 4.99. The highest BCUT2D eigenvalue weighted by atomic mass is 16.3. The van der Waals surface area contributed by atoms with Gasteiger partial charge in [-0.3, -0.25) is 9.69 Å². The molecular formula is C10H11N3O3. The molecule has 3 amide bonds. The number of likely N-dealkylation sites (N-methyl/N-ethyl adjacent to an activating group) is 1. The second-order valence-electron chi connectivity index (χ2n) is 3.49. The molecule has 0 atom stereocenters. The Morgan fingerprint density at radius 1 is 1.44 bits per heavy atom. The maximum Gasteiger partial charge on any atom is 0.347 e. The van der Waals surface area contributed by atoms with Crippen LogP contribution in [0.1, 0.15) is 11.5 Å². The first kappa shape index (κ1) is 10.4. The summed E-state index contributed by atoms with van der Waals surface area (Å²) in [5.74, 6) is 1.05. The van der Waals surface area contributed by atoms with Crippen LogP contribution in [-0.2, 0) is 4.79 Å². The number of amides is 3. The Morgan fingerprint density at radius 3 is 2.69 bits per heavy atom. The fourth-order valence-corrected chi connectivity index (χ4v) is 1.32. The van der Waals surface area contributed by atoms with Crippen molar-refractivity contribution < 1.29 is 14.0 Å². The highest BCUT2D eigenvalue weighted by Crippen LogP contribution is 2.09. The molecule has 1 fully saturated rings. The van der Waals surface area contributed by atoms with Crippen LogP contribution in [0.4, 0.5) is 4.79 Å². The van der Waals surface area contributed by atoms with E-state index in [0.717, 1.165) is 15.7 Å². The van der Waals surface area contributed by atoms with Gasteiger partial charge in [-0.05, 0) is 19.1 Å². The molecule has 1 aliphatic rings. The van der Waals surface area contributed by atoms with Crippen molar-refractivity contribution in [1.29, 1.82) is 0 Å². The maximum atomic E-state index is 11.4. The standard InChI is InChI=1S/C10H11N3O3/c1-7-3-4-8(16-7)5-11-13-6-9(14)12(2)10(13)15/h3-5H,6H2,1-2H3. The Bertz CT molecular complexity index is 464. The zero-order chi connectivity index (χ0) is 11.7. The number of hydrogen-bond donors (Lipinski definition) is 0. The number of furan rings is 1. The highest BCUT2D eigenvalue weighted by molar-refractivity contribution is 6.01. The van der Waals surface area contributed by atoms with Crippen molar-refractivity contribution in [2.45, 2.75) is 6.92 Å². The molecule has 0 spiro atoms. The summed E-state index contributed by atoms with van der Waals surface area (Å²) in [7, 11) is 1.43. The number of urea groups is 1. The average molecular weight is 221 g/mol. The average Bonchev–Trinajstić information content (AvgIpc) is 2.76. The van der Waals surface area contributed by atoms with Gasteiger partial charge >= 0.3 is 6.03 Å². The largest absolute Gasteiger partial charge is 0.460 e. The van der Waals surface area contributed by atoms with Crippen molar-refractivity contribution in [3.63, 3.8) is 0 Å². The van der Waals surface area contributed by atoms with Gasteiger partial charge in [0.25, 0.3) is 5.91 Å². The molecule has 0 aromatic carbocycles. The molecule has 6 nitrogen and oxygen atoms in total. The lowest BCUT2D eigenvalue weighted by Gasteiger charge is -2.06. The molecule has 0 N–H and O–H groups in total. The van der Waals surface area contributed by atoms with Crippen molar-refractivity contribution in [2.75, 3.05) is 13.6 Å². The van der Waals surface area contributed by atoms with Gasteiger partial charge in [0.2, 0.25) is 0 Å². The Kier molecular flexibility index (Phi) is 2.47. The minimum Gasteiger partial charge on any atom is -0.460 e. The van der Waals surface area contributed by atoms with Crippen molar-refractivity contribution >= 4 is 18.2 Å². The highest BCUT2D eigenvalue weighted by Gasteiger charge is 2.32. The summed E-state index contributed by atoms with van der Waals surface area (Å²) in [4.78, 5) is 23.6. The molecule has 2 heterocycles. The zero-order valence-electron chi connectivity index (χ0n) is 9.01. The Balaban J connectivity index is 2.08. The van der Waals surface area contributed by atoms with Crippen molar-refractivity contribution in [3.05, 3.63) is 23.7 Å². The van der Waals surface area contributed by atoms with Crippen LogP contribution in [0.3, 0.4) is 0 Å². The maximum absolute atomic E-state index is 11.4. The van der Waals surface area contributed by atoms with Gasteiger partial charge in [-0.2, -0.15) is 5.10 Å². The van der Waals surface area contributed by atoms with Gasteiger partial charge in [0.05, 0.1) is 6.21 Å². The molecule has 0 bridgehead atoms. The molecule has 0 saturated carbocycles. The predicted octanol–water partition coefficient (Wildman–Crippen LogP) is 0.816. The van der Waals surface area contributed by atoms with E-state index in [2.05, 4.69) is 5.10 Å². The van der Waals surface area contributed by atoms with Crippen LogP contribution in [0.2, 0.25) is 0 Å². The molecule has 0 unspecified atom stereocenters. The molecule has 0 aliphatic carbocycles. The second kappa shape index (κ2) is 3.80. The first-order chi connectivity index (χ1) is 7.58. The third-order valence-corrected chi connectivity index (χ3v) is 2.25. The number of nitrogens with zero attached hydrogens (tertiary/aromatic N) is 3. The van der Waals surface area contributed by atoms with E-state index in [0.29, 0.717) is 5.76 Å². The van der Waals surface area contributed by atoms with Crippen molar-refractivity contribution in [3.8, 4) is 0 Å². The molecule has 16 heavy (non-hydrogen) atoms. The van der Waals surface area contributed by atoms with Crippen molar-refractivity contribution in [1.82, 2.24) is 9.91 Å². The predicted molar refractivity (Wildman–Crippen MR) is 55.9 cm³/mol. The topological polar surface area (TPSA) is 66.1 Å². The molecule has 2 rings (SSSR count). The van der Waals surface area contributed by atoms with Crippen molar-refractivity contribution in [2.24, 2.45) is 5.10 Å². The van der Waals surface area contributed by atoms with E-state index < -0.39 is 6.03 Å². The van der Waals surface area contributed by atoms with Gasteiger partial charge in [-0.15, -0.1) is 0 Å². The van der Waals surface area contributed by atoms with Crippen LogP contribution in [0.5, 0.6) is 0 Å². The van der Waals surface area contributed by atoms with Crippen LogP contribution < -0.4 is 0 Å². The zero-order valence-corrected chi connectivity index (χ0v) is 9.01. The van der Waals surface area contributed by atoms with Gasteiger partial charge in [-0.25, -0.2) is 9.80 Å². The monoisotopic (exact) mass is 221 g/mol. The smallest absolute Gasteiger partial charge is 0.347 e. The third-order valence-electron chi connectivity index (χ3n) is 2.25. The first-order valence-corrected chi connectivity index (χ1v) is 4.76. The quantitative estimate of drug-likeness (QED) is 0.548. The summed E-state index contributed by atoms with van der Waals surface area (Å²) >= 11 is 0.